The molecule has 8 heteroatoms. The van der Waals surface area contributed by atoms with Crippen molar-refractivity contribution in [2.45, 2.75) is 30.2 Å². The Morgan fingerprint density at radius 2 is 2.08 bits per heavy atom. The van der Waals surface area contributed by atoms with Gasteiger partial charge in [-0.1, -0.05) is 36.4 Å². The maximum Gasteiger partial charge on any atom is 0.264 e. The molecule has 7 nitrogen and oxygen atoms in total. The summed E-state index contributed by atoms with van der Waals surface area (Å²) in [6, 6.07) is 9.21. The lowest BCUT2D eigenvalue weighted by atomic mass is 9.87. The molecule has 132 valence electrons. The van der Waals surface area contributed by atoms with Crippen LogP contribution in [0.25, 0.3) is 0 Å². The molecule has 0 saturated carbocycles. The van der Waals surface area contributed by atoms with Crippen molar-refractivity contribution < 1.29 is 31.9 Å². The van der Waals surface area contributed by atoms with Crippen molar-refractivity contribution in [2.24, 2.45) is 0 Å². The first kappa shape index (κ1) is 17.5. The molecule has 24 heavy (non-hydrogen) atoms. The van der Waals surface area contributed by atoms with Gasteiger partial charge in [-0.3, -0.25) is 4.18 Å². The van der Waals surface area contributed by atoms with Crippen molar-refractivity contribution in [1.82, 2.24) is 0 Å². The predicted molar refractivity (Wildman–Crippen MR) is 84.6 cm³/mol. The zero-order valence-electron chi connectivity index (χ0n) is 13.2. The van der Waals surface area contributed by atoms with Gasteiger partial charge >= 0.3 is 0 Å². The lowest BCUT2D eigenvalue weighted by Gasteiger charge is -2.50. The van der Waals surface area contributed by atoms with Crippen molar-refractivity contribution in [1.29, 1.82) is 0 Å². The summed E-state index contributed by atoms with van der Waals surface area (Å²) < 4.78 is 45.6. The van der Waals surface area contributed by atoms with E-state index in [-0.39, 0.29) is 13.2 Å². The van der Waals surface area contributed by atoms with Crippen molar-refractivity contribution in [3.8, 4) is 0 Å². The standard InChI is InChI=1S/C16H20O7S/c1-3-16-10-20-15(11-7-5-4-6-8-11)22-14(16)13(12(17)9-21-16)23-24(2,18)19/h3-8,12-15,17H,1,9-10H2,2H3. The number of benzene rings is 1. The van der Waals surface area contributed by atoms with Crippen molar-refractivity contribution in [2.75, 3.05) is 19.5 Å². The summed E-state index contributed by atoms with van der Waals surface area (Å²) in [6.07, 6.45) is -1.42. The van der Waals surface area contributed by atoms with E-state index in [9.17, 15) is 13.5 Å². The van der Waals surface area contributed by atoms with Gasteiger partial charge < -0.3 is 19.3 Å². The molecular weight excluding hydrogens is 336 g/mol. The second kappa shape index (κ2) is 6.55. The zero-order valence-corrected chi connectivity index (χ0v) is 14.0. The first-order chi connectivity index (χ1) is 11.3. The first-order valence-electron chi connectivity index (χ1n) is 7.50. The lowest BCUT2D eigenvalue weighted by molar-refractivity contribution is -0.334. The molecule has 1 aromatic carbocycles. The summed E-state index contributed by atoms with van der Waals surface area (Å²) in [5.74, 6) is 0. The molecule has 5 atom stereocenters. The number of hydrogen-bond donors (Lipinski definition) is 1. The number of rotatable bonds is 4. The Bertz CT molecular complexity index is 690. The molecule has 0 radical (unpaired) electrons. The fraction of sp³-hybridized carbons (Fsp3) is 0.500. The molecule has 3 rings (SSSR count). The summed E-state index contributed by atoms with van der Waals surface area (Å²) in [5.41, 5.74) is -0.312. The fourth-order valence-corrected chi connectivity index (χ4v) is 3.56. The van der Waals surface area contributed by atoms with Gasteiger partial charge in [0.2, 0.25) is 0 Å². The largest absolute Gasteiger partial charge is 0.388 e. The molecule has 0 aliphatic carbocycles. The third kappa shape index (κ3) is 3.39. The topological polar surface area (TPSA) is 91.3 Å². The second-order valence-electron chi connectivity index (χ2n) is 5.91. The van der Waals surface area contributed by atoms with Crippen LogP contribution in [0.3, 0.4) is 0 Å². The van der Waals surface area contributed by atoms with Gasteiger partial charge in [-0.25, -0.2) is 0 Å². The molecule has 2 aliphatic rings. The van der Waals surface area contributed by atoms with Gasteiger partial charge in [0.05, 0.1) is 19.5 Å². The van der Waals surface area contributed by atoms with Crippen LogP contribution < -0.4 is 0 Å². The van der Waals surface area contributed by atoms with E-state index in [2.05, 4.69) is 6.58 Å². The molecule has 0 spiro atoms. The quantitative estimate of drug-likeness (QED) is 0.629. The highest BCUT2D eigenvalue weighted by Crippen LogP contribution is 2.40. The van der Waals surface area contributed by atoms with Crippen LogP contribution >= 0.6 is 0 Å². The summed E-state index contributed by atoms with van der Waals surface area (Å²) >= 11 is 0. The number of aliphatic hydroxyl groups is 1. The highest BCUT2D eigenvalue weighted by Gasteiger charge is 2.55. The van der Waals surface area contributed by atoms with Gasteiger partial charge in [0, 0.05) is 5.56 Å². The lowest BCUT2D eigenvalue weighted by Crippen LogP contribution is -2.66. The van der Waals surface area contributed by atoms with E-state index in [1.807, 2.05) is 30.3 Å². The van der Waals surface area contributed by atoms with Gasteiger partial charge in [0.15, 0.2) is 6.29 Å². The van der Waals surface area contributed by atoms with E-state index in [0.29, 0.717) is 0 Å². The Morgan fingerprint density at radius 3 is 2.71 bits per heavy atom. The van der Waals surface area contributed by atoms with Crippen LogP contribution in [0, 0.1) is 0 Å². The minimum atomic E-state index is -3.79. The minimum absolute atomic E-state index is 0.106. The minimum Gasteiger partial charge on any atom is -0.388 e. The van der Waals surface area contributed by atoms with Crippen LogP contribution in [0.15, 0.2) is 43.0 Å². The first-order valence-corrected chi connectivity index (χ1v) is 9.32. The molecule has 2 fully saturated rings. The van der Waals surface area contributed by atoms with Crippen LogP contribution in [0.1, 0.15) is 11.9 Å². The van der Waals surface area contributed by atoms with Crippen LogP contribution in [-0.4, -0.2) is 56.9 Å². The van der Waals surface area contributed by atoms with E-state index in [4.69, 9.17) is 18.4 Å². The molecule has 1 aromatic rings. The Kier molecular flexibility index (Phi) is 4.78. The molecule has 0 amide bonds. The molecule has 0 bridgehead atoms. The third-order valence-electron chi connectivity index (χ3n) is 4.12. The van der Waals surface area contributed by atoms with E-state index >= 15 is 0 Å². The number of fused-ring (bicyclic) bond motifs is 1. The van der Waals surface area contributed by atoms with Crippen molar-refractivity contribution >= 4 is 10.1 Å². The number of ether oxygens (including phenoxy) is 3. The Balaban J connectivity index is 1.91. The van der Waals surface area contributed by atoms with Crippen molar-refractivity contribution in [3.05, 3.63) is 48.6 Å². The molecule has 5 unspecified atom stereocenters. The Morgan fingerprint density at radius 1 is 1.38 bits per heavy atom. The van der Waals surface area contributed by atoms with E-state index in [0.717, 1.165) is 11.8 Å². The average Bonchev–Trinajstić information content (AvgIpc) is 2.57. The molecular formula is C16H20O7S. The zero-order chi connectivity index (χ0) is 17.4. The fourth-order valence-electron chi connectivity index (χ4n) is 2.93. The van der Waals surface area contributed by atoms with Crippen LogP contribution in [0.4, 0.5) is 0 Å². The van der Waals surface area contributed by atoms with E-state index in [1.165, 1.54) is 6.08 Å². The maximum absolute atomic E-state index is 11.6. The van der Waals surface area contributed by atoms with Crippen LogP contribution in [0.2, 0.25) is 0 Å². The monoisotopic (exact) mass is 356 g/mol. The molecule has 2 aliphatic heterocycles. The summed E-state index contributed by atoms with van der Waals surface area (Å²) in [4.78, 5) is 0. The summed E-state index contributed by atoms with van der Waals surface area (Å²) in [6.45, 7) is 3.74. The normalized spacial score (nSPS) is 36.8. The highest BCUT2D eigenvalue weighted by atomic mass is 32.2. The highest BCUT2D eigenvalue weighted by molar-refractivity contribution is 7.86. The van der Waals surface area contributed by atoms with Gasteiger partial charge in [-0.2, -0.15) is 8.42 Å². The number of hydrogen-bond acceptors (Lipinski definition) is 7. The van der Waals surface area contributed by atoms with Gasteiger partial charge in [-0.15, -0.1) is 6.58 Å². The Hall–Kier alpha value is -1.29. The maximum atomic E-state index is 11.6. The summed E-state index contributed by atoms with van der Waals surface area (Å²) in [5, 5.41) is 10.2. The van der Waals surface area contributed by atoms with Crippen LogP contribution in [-0.2, 0) is 28.5 Å². The smallest absolute Gasteiger partial charge is 0.264 e. The number of aliphatic hydroxyl groups excluding tert-OH is 1. The average molecular weight is 356 g/mol. The predicted octanol–water partition coefficient (Wildman–Crippen LogP) is 0.761. The van der Waals surface area contributed by atoms with E-state index in [1.54, 1.807) is 0 Å². The van der Waals surface area contributed by atoms with Crippen LogP contribution in [0.5, 0.6) is 0 Å². The molecule has 2 heterocycles. The van der Waals surface area contributed by atoms with Crippen molar-refractivity contribution in [3.63, 3.8) is 0 Å². The molecule has 2 saturated heterocycles. The van der Waals surface area contributed by atoms with Gasteiger partial charge in [-0.05, 0) is 0 Å². The summed E-state index contributed by atoms with van der Waals surface area (Å²) in [7, 11) is -3.79. The Labute approximate surface area is 140 Å². The molecule has 1 N–H and O–H groups in total. The van der Waals surface area contributed by atoms with E-state index < -0.39 is 40.3 Å². The second-order valence-corrected chi connectivity index (χ2v) is 7.51. The molecule has 0 aromatic heterocycles. The SMILES string of the molecule is C=CC12COC(c3ccccc3)OC1C(OS(C)(=O)=O)C(O)CO2. The van der Waals surface area contributed by atoms with Gasteiger partial charge in [0.1, 0.15) is 23.9 Å². The van der Waals surface area contributed by atoms with Gasteiger partial charge in [0.25, 0.3) is 10.1 Å². The third-order valence-corrected chi connectivity index (χ3v) is 4.69.